The van der Waals surface area contributed by atoms with Crippen molar-refractivity contribution in [1.29, 1.82) is 0 Å². The minimum Gasteiger partial charge on any atom is -0.491 e. The third-order valence-electron chi connectivity index (χ3n) is 4.74. The monoisotopic (exact) mass is 409 g/mol. The lowest BCUT2D eigenvalue weighted by molar-refractivity contribution is -0.116. The van der Waals surface area contributed by atoms with E-state index >= 15 is 0 Å². The molecule has 0 aliphatic rings. The first-order chi connectivity index (χ1) is 14.4. The lowest BCUT2D eigenvalue weighted by Gasteiger charge is -2.20. The highest BCUT2D eigenvalue weighted by Gasteiger charge is 2.12. The van der Waals surface area contributed by atoms with Crippen LogP contribution in [0.4, 0.5) is 0 Å². The number of hydrogen-bond acceptors (Lipinski definition) is 6. The number of hydrogen-bond donors (Lipinski definition) is 2. The second-order valence-electron chi connectivity index (χ2n) is 7.54. The number of nitrogens with zero attached hydrogens (tertiary/aromatic N) is 2. The van der Waals surface area contributed by atoms with Crippen molar-refractivity contribution in [3.8, 4) is 5.75 Å². The number of Topliss-reactive ketones (excluding diaryl/α,β-unsaturated/α-hetero) is 1. The van der Waals surface area contributed by atoms with Gasteiger partial charge in [-0.25, -0.2) is 4.98 Å². The van der Waals surface area contributed by atoms with E-state index in [2.05, 4.69) is 9.97 Å². The van der Waals surface area contributed by atoms with Gasteiger partial charge in [0, 0.05) is 13.0 Å². The molecule has 3 rings (SSSR count). The Morgan fingerprint density at radius 1 is 1.20 bits per heavy atom. The molecule has 0 saturated carbocycles. The summed E-state index contributed by atoms with van der Waals surface area (Å²) >= 11 is 0. The van der Waals surface area contributed by atoms with Gasteiger partial charge in [-0.3, -0.25) is 9.69 Å². The Hall–Kier alpha value is -3.03. The van der Waals surface area contributed by atoms with Gasteiger partial charge in [0.1, 0.15) is 30.1 Å². The van der Waals surface area contributed by atoms with E-state index in [1.54, 1.807) is 19.1 Å². The van der Waals surface area contributed by atoms with Crippen LogP contribution in [0.5, 0.6) is 5.75 Å². The molecule has 7 heteroatoms. The van der Waals surface area contributed by atoms with Crippen molar-refractivity contribution in [2.45, 2.75) is 32.4 Å². The van der Waals surface area contributed by atoms with E-state index in [4.69, 9.17) is 4.74 Å². The van der Waals surface area contributed by atoms with Crippen molar-refractivity contribution in [1.82, 2.24) is 14.9 Å². The predicted octanol–water partition coefficient (Wildman–Crippen LogP) is 2.32. The lowest BCUT2D eigenvalue weighted by atomic mass is 10.1. The fourth-order valence-corrected chi connectivity index (χ4v) is 3.21. The first kappa shape index (κ1) is 21.7. The normalized spacial score (nSPS) is 12.3. The molecule has 0 bridgehead atoms. The quantitative estimate of drug-likeness (QED) is 0.534. The molecule has 158 valence electrons. The third-order valence-corrected chi connectivity index (χ3v) is 4.74. The van der Waals surface area contributed by atoms with Crippen LogP contribution in [0.15, 0.2) is 53.3 Å². The number of fused-ring (bicyclic) bond motifs is 1. The van der Waals surface area contributed by atoms with Crippen LogP contribution in [0, 0.1) is 0 Å². The third kappa shape index (κ3) is 6.23. The molecule has 0 aliphatic carbocycles. The largest absolute Gasteiger partial charge is 0.491 e. The number of benzene rings is 2. The Morgan fingerprint density at radius 3 is 2.67 bits per heavy atom. The summed E-state index contributed by atoms with van der Waals surface area (Å²) in [5.41, 5.74) is 1.56. The van der Waals surface area contributed by atoms with Crippen LogP contribution >= 0.6 is 0 Å². The Bertz CT molecular complexity index is 1050. The van der Waals surface area contributed by atoms with Gasteiger partial charge >= 0.3 is 0 Å². The number of carbonyl (C=O) groups excluding carboxylic acids is 1. The van der Waals surface area contributed by atoms with Crippen LogP contribution in [-0.2, 0) is 17.8 Å². The average molecular weight is 409 g/mol. The zero-order valence-electron chi connectivity index (χ0n) is 17.3. The number of para-hydroxylation sites is 1. The highest BCUT2D eigenvalue weighted by atomic mass is 16.5. The maximum absolute atomic E-state index is 12.2. The Balaban J connectivity index is 1.48. The molecular weight excluding hydrogens is 382 g/mol. The van der Waals surface area contributed by atoms with Gasteiger partial charge in [-0.15, -0.1) is 0 Å². The molecule has 2 N–H and O–H groups in total. The van der Waals surface area contributed by atoms with E-state index in [9.17, 15) is 14.7 Å². The van der Waals surface area contributed by atoms with Crippen molar-refractivity contribution in [3.05, 3.63) is 70.3 Å². The number of aliphatic hydroxyl groups is 1. The highest BCUT2D eigenvalue weighted by Crippen LogP contribution is 2.14. The summed E-state index contributed by atoms with van der Waals surface area (Å²) in [6, 6.07) is 14.7. The maximum atomic E-state index is 12.2. The zero-order valence-corrected chi connectivity index (χ0v) is 17.3. The number of H-pyrrole nitrogens is 1. The number of aromatic nitrogens is 2. The molecule has 0 aliphatic heterocycles. The number of aryl methyl sites for hydroxylation is 1. The SMILES string of the molecule is CC(=O)CCc1ccc(OC[C@@H](O)CN(C)Cc2nc3ccccc3c(=O)[nH]2)cc1. The maximum Gasteiger partial charge on any atom is 0.258 e. The van der Waals surface area contributed by atoms with Gasteiger partial charge in [-0.05, 0) is 50.2 Å². The minimum absolute atomic E-state index is 0.152. The number of ketones is 1. The van der Waals surface area contributed by atoms with Gasteiger partial charge in [0.25, 0.3) is 5.56 Å². The molecule has 1 atom stereocenters. The predicted molar refractivity (Wildman–Crippen MR) is 116 cm³/mol. The number of likely N-dealkylation sites (N-methyl/N-ethyl adjacent to an activating group) is 1. The molecule has 1 aromatic heterocycles. The summed E-state index contributed by atoms with van der Waals surface area (Å²) in [5, 5.41) is 10.8. The number of ether oxygens (including phenoxy) is 1. The lowest BCUT2D eigenvalue weighted by Crippen LogP contribution is -2.33. The van der Waals surface area contributed by atoms with E-state index in [1.165, 1.54) is 0 Å². The summed E-state index contributed by atoms with van der Waals surface area (Å²) in [6.07, 6.45) is 0.552. The topological polar surface area (TPSA) is 95.5 Å². The number of carbonyl (C=O) groups is 1. The standard InChI is InChI=1S/C23H27N3O4/c1-16(27)7-8-17-9-11-19(12-10-17)30-15-18(28)13-26(2)14-22-24-21-6-4-3-5-20(21)23(29)25-22/h3-6,9-12,18,28H,7-8,13-15H2,1-2H3,(H,24,25,29)/t18-/m0/s1. The summed E-state index contributed by atoms with van der Waals surface area (Å²) in [4.78, 5) is 32.4. The van der Waals surface area contributed by atoms with E-state index < -0.39 is 6.10 Å². The number of aliphatic hydroxyl groups excluding tert-OH is 1. The van der Waals surface area contributed by atoms with E-state index in [1.807, 2.05) is 48.3 Å². The zero-order chi connectivity index (χ0) is 21.5. The molecule has 2 aromatic carbocycles. The summed E-state index contributed by atoms with van der Waals surface area (Å²) < 4.78 is 5.66. The molecule has 0 radical (unpaired) electrons. The molecule has 30 heavy (non-hydrogen) atoms. The van der Waals surface area contributed by atoms with Gasteiger partial charge < -0.3 is 19.6 Å². The molecule has 7 nitrogen and oxygen atoms in total. The van der Waals surface area contributed by atoms with E-state index in [-0.39, 0.29) is 17.9 Å². The van der Waals surface area contributed by atoms with Crippen LogP contribution < -0.4 is 10.3 Å². The van der Waals surface area contributed by atoms with Crippen LogP contribution in [0.25, 0.3) is 10.9 Å². The van der Waals surface area contributed by atoms with Crippen LogP contribution in [0.2, 0.25) is 0 Å². The van der Waals surface area contributed by atoms with Gasteiger partial charge in [-0.2, -0.15) is 0 Å². The van der Waals surface area contributed by atoms with E-state index in [0.717, 1.165) is 5.56 Å². The summed E-state index contributed by atoms with van der Waals surface area (Å²) in [6.45, 7) is 2.51. The van der Waals surface area contributed by atoms with Crippen molar-refractivity contribution >= 4 is 16.7 Å². The number of nitrogens with one attached hydrogen (secondary N) is 1. The second-order valence-corrected chi connectivity index (χ2v) is 7.54. The van der Waals surface area contributed by atoms with Gasteiger partial charge in [-0.1, -0.05) is 24.3 Å². The average Bonchev–Trinajstić information content (AvgIpc) is 2.71. The molecule has 3 aromatic rings. The molecule has 0 saturated heterocycles. The van der Waals surface area contributed by atoms with E-state index in [0.29, 0.717) is 48.4 Å². The highest BCUT2D eigenvalue weighted by molar-refractivity contribution is 5.77. The Morgan fingerprint density at radius 2 is 1.93 bits per heavy atom. The fraction of sp³-hybridized carbons (Fsp3) is 0.348. The molecule has 0 spiro atoms. The van der Waals surface area contributed by atoms with Gasteiger partial charge in [0.2, 0.25) is 0 Å². The summed E-state index contributed by atoms with van der Waals surface area (Å²) in [5.74, 6) is 1.39. The van der Waals surface area contributed by atoms with Gasteiger partial charge in [0.15, 0.2) is 0 Å². The van der Waals surface area contributed by atoms with Crippen molar-refractivity contribution in [3.63, 3.8) is 0 Å². The molecule has 1 heterocycles. The first-order valence-electron chi connectivity index (χ1n) is 9.96. The molecular formula is C23H27N3O4. The number of rotatable bonds is 10. The first-order valence-corrected chi connectivity index (χ1v) is 9.96. The van der Waals surface area contributed by atoms with Crippen molar-refractivity contribution in [2.24, 2.45) is 0 Å². The van der Waals surface area contributed by atoms with Crippen molar-refractivity contribution in [2.75, 3.05) is 20.2 Å². The smallest absolute Gasteiger partial charge is 0.258 e. The Kier molecular flexibility index (Phi) is 7.32. The van der Waals surface area contributed by atoms with Crippen LogP contribution in [-0.4, -0.2) is 52.1 Å². The number of aromatic amines is 1. The van der Waals surface area contributed by atoms with Crippen LogP contribution in [0.3, 0.4) is 0 Å². The summed E-state index contributed by atoms with van der Waals surface area (Å²) in [7, 11) is 1.85. The minimum atomic E-state index is -0.695. The molecule has 0 amide bonds. The Labute approximate surface area is 175 Å². The van der Waals surface area contributed by atoms with Crippen LogP contribution in [0.1, 0.15) is 24.7 Å². The van der Waals surface area contributed by atoms with Gasteiger partial charge in [0.05, 0.1) is 17.4 Å². The van der Waals surface area contributed by atoms with Crippen molar-refractivity contribution < 1.29 is 14.6 Å². The second kappa shape index (κ2) is 10.1. The fourth-order valence-electron chi connectivity index (χ4n) is 3.21. The molecule has 0 unspecified atom stereocenters. The molecule has 0 fully saturated rings.